The minimum atomic E-state index is -0.347. The normalized spacial score (nSPS) is 13.9. The number of aryl methyl sites for hydroxylation is 2. The first-order valence-corrected chi connectivity index (χ1v) is 7.41. The summed E-state index contributed by atoms with van der Waals surface area (Å²) < 4.78 is 0. The van der Waals surface area contributed by atoms with Crippen molar-refractivity contribution in [3.05, 3.63) is 46.5 Å². The first-order chi connectivity index (χ1) is 11.4. The smallest absolute Gasteiger partial charge is 0.261 e. The number of hydrogen-bond donors (Lipinski definition) is 1. The number of amides is 2. The van der Waals surface area contributed by atoms with Gasteiger partial charge in [0.15, 0.2) is 0 Å². The summed E-state index contributed by atoms with van der Waals surface area (Å²) in [5.41, 5.74) is 3.78. The quantitative estimate of drug-likeness (QED) is 0.692. The summed E-state index contributed by atoms with van der Waals surface area (Å²) in [6.45, 7) is 3.72. The van der Waals surface area contributed by atoms with Crippen LogP contribution in [-0.4, -0.2) is 43.9 Å². The molecule has 0 aliphatic carbocycles. The van der Waals surface area contributed by atoms with Crippen molar-refractivity contribution in [2.45, 2.75) is 13.8 Å². The number of nitrogens with zero attached hydrogens (tertiary/aromatic N) is 4. The Bertz CT molecular complexity index is 999. The van der Waals surface area contributed by atoms with Crippen LogP contribution in [0, 0.1) is 13.8 Å². The van der Waals surface area contributed by atoms with Gasteiger partial charge in [-0.25, -0.2) is 0 Å². The van der Waals surface area contributed by atoms with Gasteiger partial charge in [0.2, 0.25) is 0 Å². The van der Waals surface area contributed by atoms with Crippen molar-refractivity contribution in [1.29, 1.82) is 0 Å². The Kier molecular flexibility index (Phi) is 2.78. The van der Waals surface area contributed by atoms with E-state index in [0.29, 0.717) is 27.8 Å². The van der Waals surface area contributed by atoms with Gasteiger partial charge in [-0.15, -0.1) is 15.0 Å². The second kappa shape index (κ2) is 4.64. The van der Waals surface area contributed by atoms with Crippen molar-refractivity contribution in [1.82, 2.24) is 19.9 Å². The highest BCUT2D eigenvalue weighted by Crippen LogP contribution is 2.29. The van der Waals surface area contributed by atoms with Crippen molar-refractivity contribution in [3.63, 3.8) is 0 Å². The van der Waals surface area contributed by atoms with E-state index in [4.69, 9.17) is 0 Å². The number of imide groups is 1. The molecule has 0 fully saturated rings. The van der Waals surface area contributed by atoms with Crippen molar-refractivity contribution in [3.8, 4) is 11.4 Å². The average molecular weight is 322 g/mol. The first kappa shape index (κ1) is 14.4. The summed E-state index contributed by atoms with van der Waals surface area (Å²) in [6, 6.07) is 6.78. The molecular weight excluding hydrogens is 308 g/mol. The molecule has 1 aliphatic rings. The van der Waals surface area contributed by atoms with Gasteiger partial charge in [0.05, 0.1) is 11.1 Å². The van der Waals surface area contributed by atoms with E-state index in [-0.39, 0.29) is 17.6 Å². The average Bonchev–Trinajstić information content (AvgIpc) is 3.05. The van der Waals surface area contributed by atoms with E-state index in [1.165, 1.54) is 11.8 Å². The van der Waals surface area contributed by atoms with E-state index in [2.05, 4.69) is 10.2 Å². The SMILES string of the molecule is Cc1cc(C)c(O)c(-n2nc3cc4c(cc3n2)C(=O)N(C)C4=O)c1. The Hall–Kier alpha value is -3.22. The van der Waals surface area contributed by atoms with E-state index in [1.54, 1.807) is 25.1 Å². The molecule has 1 N–H and O–H groups in total. The number of aromatic nitrogens is 3. The predicted octanol–water partition coefficient (Wildman–Crippen LogP) is 1.97. The summed E-state index contributed by atoms with van der Waals surface area (Å²) in [5, 5.41) is 19.0. The second-order valence-corrected chi connectivity index (χ2v) is 5.99. The van der Waals surface area contributed by atoms with E-state index < -0.39 is 0 Å². The minimum Gasteiger partial charge on any atom is -0.505 e. The predicted molar refractivity (Wildman–Crippen MR) is 86.4 cm³/mol. The van der Waals surface area contributed by atoms with Gasteiger partial charge < -0.3 is 5.11 Å². The molecule has 7 heteroatoms. The topological polar surface area (TPSA) is 88.3 Å². The third-order valence-electron chi connectivity index (χ3n) is 4.23. The first-order valence-electron chi connectivity index (χ1n) is 7.41. The molecule has 0 bridgehead atoms. The lowest BCUT2D eigenvalue weighted by Gasteiger charge is -2.07. The summed E-state index contributed by atoms with van der Waals surface area (Å²) in [5.74, 6) is -0.596. The van der Waals surface area contributed by atoms with Gasteiger partial charge in [-0.1, -0.05) is 6.07 Å². The summed E-state index contributed by atoms with van der Waals surface area (Å²) in [4.78, 5) is 26.6. The van der Waals surface area contributed by atoms with Gasteiger partial charge >= 0.3 is 0 Å². The molecule has 0 saturated carbocycles. The molecule has 24 heavy (non-hydrogen) atoms. The minimum absolute atomic E-state index is 0.0975. The maximum absolute atomic E-state index is 12.1. The monoisotopic (exact) mass is 322 g/mol. The van der Waals surface area contributed by atoms with Gasteiger partial charge in [-0.3, -0.25) is 14.5 Å². The molecular formula is C17H14N4O3. The summed E-state index contributed by atoms with van der Waals surface area (Å²) in [7, 11) is 1.45. The van der Waals surface area contributed by atoms with Crippen LogP contribution in [0.2, 0.25) is 0 Å². The summed E-state index contributed by atoms with van der Waals surface area (Å²) >= 11 is 0. The lowest BCUT2D eigenvalue weighted by Crippen LogP contribution is -2.24. The molecule has 0 spiro atoms. The van der Waals surface area contributed by atoms with Crippen LogP contribution in [-0.2, 0) is 0 Å². The molecule has 0 unspecified atom stereocenters. The molecule has 4 rings (SSSR count). The number of rotatable bonds is 1. The van der Waals surface area contributed by atoms with E-state index in [0.717, 1.165) is 16.0 Å². The van der Waals surface area contributed by atoms with E-state index >= 15 is 0 Å². The van der Waals surface area contributed by atoms with Crippen LogP contribution in [0.15, 0.2) is 24.3 Å². The van der Waals surface area contributed by atoms with Crippen molar-refractivity contribution in [2.75, 3.05) is 7.05 Å². The summed E-state index contributed by atoms with van der Waals surface area (Å²) in [6.07, 6.45) is 0. The zero-order valence-electron chi connectivity index (χ0n) is 13.4. The van der Waals surface area contributed by atoms with Crippen LogP contribution in [0.3, 0.4) is 0 Å². The molecule has 2 heterocycles. The number of carbonyl (C=O) groups is 2. The number of aromatic hydroxyl groups is 1. The van der Waals surface area contributed by atoms with Crippen molar-refractivity contribution >= 4 is 22.8 Å². The zero-order chi connectivity index (χ0) is 17.2. The van der Waals surface area contributed by atoms with Crippen molar-refractivity contribution in [2.24, 2.45) is 0 Å². The lowest BCUT2D eigenvalue weighted by atomic mass is 10.1. The fraction of sp³-hybridized carbons (Fsp3) is 0.176. The molecule has 0 atom stereocenters. The molecule has 3 aromatic rings. The third-order valence-corrected chi connectivity index (χ3v) is 4.23. The highest BCUT2D eigenvalue weighted by atomic mass is 16.3. The molecule has 1 aromatic heterocycles. The van der Waals surface area contributed by atoms with Gasteiger partial charge in [-0.2, -0.15) is 0 Å². The van der Waals surface area contributed by atoms with Gasteiger partial charge in [0.25, 0.3) is 11.8 Å². The van der Waals surface area contributed by atoms with Crippen LogP contribution in [0.25, 0.3) is 16.7 Å². The maximum atomic E-state index is 12.1. The Labute approximate surface area is 137 Å². The molecule has 0 radical (unpaired) electrons. The van der Waals surface area contributed by atoms with Gasteiger partial charge in [0, 0.05) is 7.05 Å². The fourth-order valence-corrected chi connectivity index (χ4v) is 2.97. The number of benzene rings is 2. The highest BCUT2D eigenvalue weighted by molar-refractivity contribution is 6.22. The van der Waals surface area contributed by atoms with Crippen LogP contribution >= 0.6 is 0 Å². The molecule has 2 amide bonds. The largest absolute Gasteiger partial charge is 0.505 e. The van der Waals surface area contributed by atoms with E-state index in [1.807, 2.05) is 13.0 Å². The lowest BCUT2D eigenvalue weighted by molar-refractivity contribution is 0.0693. The Morgan fingerprint density at radius 3 is 2.00 bits per heavy atom. The number of phenols is 1. The Balaban J connectivity index is 1.93. The fourth-order valence-electron chi connectivity index (χ4n) is 2.97. The number of phenolic OH excluding ortho intramolecular Hbond substituents is 1. The van der Waals surface area contributed by atoms with Crippen LogP contribution < -0.4 is 0 Å². The van der Waals surface area contributed by atoms with Gasteiger partial charge in [-0.05, 0) is 43.2 Å². The molecule has 120 valence electrons. The third kappa shape index (κ3) is 1.84. The zero-order valence-corrected chi connectivity index (χ0v) is 13.4. The molecule has 1 aliphatic heterocycles. The highest BCUT2D eigenvalue weighted by Gasteiger charge is 2.33. The molecule has 0 saturated heterocycles. The van der Waals surface area contributed by atoms with E-state index in [9.17, 15) is 14.7 Å². The van der Waals surface area contributed by atoms with Crippen LogP contribution in [0.1, 0.15) is 31.8 Å². The number of fused-ring (bicyclic) bond motifs is 2. The molecule has 7 nitrogen and oxygen atoms in total. The maximum Gasteiger partial charge on any atom is 0.261 e. The molecule has 2 aromatic carbocycles. The Morgan fingerprint density at radius 1 is 0.917 bits per heavy atom. The van der Waals surface area contributed by atoms with Crippen molar-refractivity contribution < 1.29 is 14.7 Å². The van der Waals surface area contributed by atoms with Crippen LogP contribution in [0.5, 0.6) is 5.75 Å². The Morgan fingerprint density at radius 2 is 1.46 bits per heavy atom. The van der Waals surface area contributed by atoms with Gasteiger partial charge in [0.1, 0.15) is 22.5 Å². The second-order valence-electron chi connectivity index (χ2n) is 5.99. The standard InChI is InChI=1S/C17H14N4O3/c1-8-4-9(2)15(22)14(5-8)21-18-12-6-10-11(7-13(12)19-21)17(24)20(3)16(10)23/h4-7,22H,1-3H3. The van der Waals surface area contributed by atoms with Crippen LogP contribution in [0.4, 0.5) is 0 Å². The number of hydrogen-bond acceptors (Lipinski definition) is 5. The number of carbonyl (C=O) groups excluding carboxylic acids is 2.